The molecule has 7 heteroatoms. The van der Waals surface area contributed by atoms with Crippen molar-refractivity contribution in [2.24, 2.45) is 17.8 Å². The van der Waals surface area contributed by atoms with Crippen molar-refractivity contribution < 1.29 is 33.9 Å². The smallest absolute Gasteiger partial charge is 0.0856 e. The third kappa shape index (κ3) is 8.68. The largest absolute Gasteiger partial charge is 0.393 e. The molecule has 1 rings (SSSR count). The van der Waals surface area contributed by atoms with Gasteiger partial charge in [0, 0.05) is 31.0 Å². The number of ether oxygens (including phenoxy) is 5. The van der Waals surface area contributed by atoms with E-state index in [9.17, 15) is 10.2 Å². The molecule has 0 radical (unpaired) electrons. The fourth-order valence-corrected chi connectivity index (χ4v) is 5.00. The normalized spacial score (nSPS) is 24.0. The average Bonchev–Trinajstić information content (AvgIpc) is 3.12. The van der Waals surface area contributed by atoms with Gasteiger partial charge in [-0.3, -0.25) is 0 Å². The molecule has 0 bridgehead atoms. The molecule has 34 heavy (non-hydrogen) atoms. The van der Waals surface area contributed by atoms with Gasteiger partial charge in [0.15, 0.2) is 0 Å². The topological polar surface area (TPSA) is 86.6 Å². The minimum absolute atomic E-state index is 0.0537. The van der Waals surface area contributed by atoms with Crippen LogP contribution in [0.15, 0.2) is 0 Å². The van der Waals surface area contributed by atoms with Crippen molar-refractivity contribution in [2.45, 2.75) is 117 Å². The zero-order chi connectivity index (χ0) is 26.6. The molecule has 0 aromatic rings. The Hall–Kier alpha value is -0.280. The van der Waals surface area contributed by atoms with Gasteiger partial charge in [0.05, 0.1) is 60.5 Å². The molecule has 0 spiro atoms. The van der Waals surface area contributed by atoms with E-state index in [1.165, 1.54) is 0 Å². The van der Waals surface area contributed by atoms with E-state index in [0.717, 1.165) is 0 Å². The standard InChI is InChI=1S/C27H54O7/c1-13-31-25(7,8)19-15-30-22(21(19)27(11,12)34-18-23(3,4)29)20(26(9,10)32-14-2)16-33-24(5,6)17-28/h19-22,28-29H,13-18H2,1-12H3. The van der Waals surface area contributed by atoms with Gasteiger partial charge in [-0.05, 0) is 83.1 Å². The molecule has 1 aliphatic rings. The molecule has 4 atom stereocenters. The minimum Gasteiger partial charge on any atom is -0.393 e. The van der Waals surface area contributed by atoms with Crippen LogP contribution in [0, 0.1) is 17.8 Å². The summed E-state index contributed by atoms with van der Waals surface area (Å²) in [5.74, 6) is -0.127. The zero-order valence-corrected chi connectivity index (χ0v) is 24.0. The van der Waals surface area contributed by atoms with Crippen LogP contribution in [-0.2, 0) is 23.7 Å². The fourth-order valence-electron chi connectivity index (χ4n) is 5.00. The van der Waals surface area contributed by atoms with Crippen LogP contribution in [0.25, 0.3) is 0 Å². The molecule has 0 aliphatic carbocycles. The fraction of sp³-hybridized carbons (Fsp3) is 1.00. The zero-order valence-electron chi connectivity index (χ0n) is 24.0. The van der Waals surface area contributed by atoms with Crippen LogP contribution in [0.2, 0.25) is 0 Å². The van der Waals surface area contributed by atoms with Gasteiger partial charge in [0.25, 0.3) is 0 Å². The Balaban J connectivity index is 3.47. The van der Waals surface area contributed by atoms with Gasteiger partial charge in [0.2, 0.25) is 0 Å². The van der Waals surface area contributed by atoms with E-state index in [1.54, 1.807) is 13.8 Å². The van der Waals surface area contributed by atoms with Gasteiger partial charge in [-0.2, -0.15) is 0 Å². The van der Waals surface area contributed by atoms with Crippen molar-refractivity contribution in [1.82, 2.24) is 0 Å². The number of hydrogen-bond acceptors (Lipinski definition) is 7. The highest BCUT2D eigenvalue weighted by molar-refractivity contribution is 5.05. The maximum absolute atomic E-state index is 10.4. The van der Waals surface area contributed by atoms with Crippen LogP contribution in [-0.4, -0.2) is 84.0 Å². The Kier molecular flexibility index (Phi) is 11.1. The van der Waals surface area contributed by atoms with Crippen LogP contribution in [0.4, 0.5) is 0 Å². The van der Waals surface area contributed by atoms with Gasteiger partial charge >= 0.3 is 0 Å². The molecule has 0 aromatic carbocycles. The lowest BCUT2D eigenvalue weighted by atomic mass is 9.67. The summed E-state index contributed by atoms with van der Waals surface area (Å²) in [7, 11) is 0. The van der Waals surface area contributed by atoms with Crippen LogP contribution in [0.1, 0.15) is 83.1 Å². The maximum atomic E-state index is 10.4. The van der Waals surface area contributed by atoms with Gasteiger partial charge in [-0.1, -0.05) is 0 Å². The number of hydrogen-bond donors (Lipinski definition) is 2. The predicted molar refractivity (Wildman–Crippen MR) is 135 cm³/mol. The molecule has 0 amide bonds. The molecular weight excluding hydrogens is 436 g/mol. The monoisotopic (exact) mass is 490 g/mol. The molecule has 4 unspecified atom stereocenters. The maximum Gasteiger partial charge on any atom is 0.0856 e. The summed E-state index contributed by atoms with van der Waals surface area (Å²) in [6.45, 7) is 25.9. The van der Waals surface area contributed by atoms with Crippen LogP contribution in [0.3, 0.4) is 0 Å². The average molecular weight is 491 g/mol. The molecule has 0 aromatic heterocycles. The van der Waals surface area contributed by atoms with Gasteiger partial charge in [0.1, 0.15) is 0 Å². The van der Waals surface area contributed by atoms with Crippen LogP contribution in [0.5, 0.6) is 0 Å². The lowest BCUT2D eigenvalue weighted by molar-refractivity contribution is -0.185. The first-order valence-corrected chi connectivity index (χ1v) is 12.8. The Bertz CT molecular complexity index is 607. The molecule has 7 nitrogen and oxygen atoms in total. The first kappa shape index (κ1) is 31.7. The molecule has 1 heterocycles. The lowest BCUT2D eigenvalue weighted by Crippen LogP contribution is -2.56. The van der Waals surface area contributed by atoms with E-state index >= 15 is 0 Å². The summed E-state index contributed by atoms with van der Waals surface area (Å²) in [5.41, 5.74) is -3.22. The van der Waals surface area contributed by atoms with Crippen molar-refractivity contribution in [3.05, 3.63) is 0 Å². The minimum atomic E-state index is -0.949. The summed E-state index contributed by atoms with van der Waals surface area (Å²) in [6, 6.07) is 0. The summed E-state index contributed by atoms with van der Waals surface area (Å²) in [6.07, 6.45) is -0.238. The SMILES string of the molecule is CCOC(C)(C)C(COC(C)(C)CO)C1OCC(C(C)(C)OCC)C1C(C)(C)OCC(C)(C)O. The number of aliphatic hydroxyl groups excluding tert-OH is 1. The predicted octanol–water partition coefficient (Wildman–Crippen LogP) is 4.22. The van der Waals surface area contributed by atoms with Crippen molar-refractivity contribution in [3.63, 3.8) is 0 Å². The van der Waals surface area contributed by atoms with Crippen molar-refractivity contribution in [1.29, 1.82) is 0 Å². The molecule has 0 saturated carbocycles. The van der Waals surface area contributed by atoms with Crippen LogP contribution >= 0.6 is 0 Å². The Morgan fingerprint density at radius 1 is 0.824 bits per heavy atom. The van der Waals surface area contributed by atoms with Crippen molar-refractivity contribution >= 4 is 0 Å². The molecule has 204 valence electrons. The Labute approximate surface area is 208 Å². The van der Waals surface area contributed by atoms with Gasteiger partial charge in [-0.15, -0.1) is 0 Å². The third-order valence-corrected chi connectivity index (χ3v) is 7.11. The molecule has 1 fully saturated rings. The van der Waals surface area contributed by atoms with E-state index in [1.807, 2.05) is 27.7 Å². The van der Waals surface area contributed by atoms with Gasteiger partial charge < -0.3 is 33.9 Å². The first-order chi connectivity index (χ1) is 15.3. The molecule has 1 saturated heterocycles. The first-order valence-electron chi connectivity index (χ1n) is 12.8. The third-order valence-electron chi connectivity index (χ3n) is 7.11. The number of rotatable bonds is 15. The summed E-state index contributed by atoms with van der Waals surface area (Å²) >= 11 is 0. The van der Waals surface area contributed by atoms with Crippen molar-refractivity contribution in [3.8, 4) is 0 Å². The van der Waals surface area contributed by atoms with Gasteiger partial charge in [-0.25, -0.2) is 0 Å². The van der Waals surface area contributed by atoms with Crippen molar-refractivity contribution in [2.75, 3.05) is 39.6 Å². The lowest BCUT2D eigenvalue weighted by Gasteiger charge is -2.47. The molecule has 1 aliphatic heterocycles. The second-order valence-electron chi connectivity index (χ2n) is 12.5. The van der Waals surface area contributed by atoms with E-state index in [-0.39, 0.29) is 37.1 Å². The second kappa shape index (κ2) is 11.8. The van der Waals surface area contributed by atoms with E-state index in [0.29, 0.717) is 26.4 Å². The van der Waals surface area contributed by atoms with E-state index < -0.39 is 28.0 Å². The highest BCUT2D eigenvalue weighted by atomic mass is 16.5. The summed E-state index contributed by atoms with van der Waals surface area (Å²) < 4.78 is 31.6. The van der Waals surface area contributed by atoms with E-state index in [4.69, 9.17) is 23.7 Å². The number of aliphatic hydroxyl groups is 2. The second-order valence-corrected chi connectivity index (χ2v) is 12.5. The Morgan fingerprint density at radius 3 is 1.85 bits per heavy atom. The molecular formula is C27H54O7. The van der Waals surface area contributed by atoms with E-state index in [2.05, 4.69) is 41.5 Å². The highest BCUT2D eigenvalue weighted by Crippen LogP contribution is 2.48. The summed E-state index contributed by atoms with van der Waals surface area (Å²) in [5, 5.41) is 20.1. The molecule has 2 N–H and O–H groups in total. The Morgan fingerprint density at radius 2 is 1.38 bits per heavy atom. The summed E-state index contributed by atoms with van der Waals surface area (Å²) in [4.78, 5) is 0. The van der Waals surface area contributed by atoms with Crippen LogP contribution < -0.4 is 0 Å². The quantitative estimate of drug-likeness (QED) is 0.355. The highest BCUT2D eigenvalue weighted by Gasteiger charge is 2.57.